The van der Waals surface area contributed by atoms with Crippen LogP contribution in [0.15, 0.2) is 12.1 Å². The number of aryl methyl sites for hydroxylation is 2. The minimum absolute atomic E-state index is 0.111. The molecule has 0 aromatic heterocycles. The number of carbonyl (C=O) groups is 1. The van der Waals surface area contributed by atoms with Crippen LogP contribution in [0.4, 0.5) is 4.79 Å². The van der Waals surface area contributed by atoms with Gasteiger partial charge in [0.1, 0.15) is 23.6 Å². The highest BCUT2D eigenvalue weighted by Gasteiger charge is 2.23. The fraction of sp³-hybridized carbons (Fsp3) is 0.588. The van der Waals surface area contributed by atoms with Crippen molar-refractivity contribution in [2.75, 3.05) is 13.7 Å². The van der Waals surface area contributed by atoms with Crippen molar-refractivity contribution >= 4 is 6.09 Å². The topological polar surface area (TPSA) is 88.0 Å². The van der Waals surface area contributed by atoms with Crippen LogP contribution in [-0.2, 0) is 4.74 Å². The van der Waals surface area contributed by atoms with Gasteiger partial charge in [0, 0.05) is 6.54 Å². The number of rotatable bonds is 5. The third kappa shape index (κ3) is 5.73. The number of hydrogen-bond donors (Lipinski definition) is 3. The quantitative estimate of drug-likeness (QED) is 0.772. The summed E-state index contributed by atoms with van der Waals surface area (Å²) in [6, 6.07) is 3.58. The summed E-state index contributed by atoms with van der Waals surface area (Å²) >= 11 is 0. The SMILES string of the molecule is COc1cc(C)c(C(O)C(O)CNC(=O)OC(C)(C)C)cc1C. The maximum atomic E-state index is 11.6. The number of alkyl carbamates (subject to hydrolysis) is 1. The second kappa shape index (κ2) is 7.66. The van der Waals surface area contributed by atoms with Crippen LogP contribution >= 0.6 is 0 Å². The summed E-state index contributed by atoms with van der Waals surface area (Å²) in [5.41, 5.74) is 1.65. The first-order valence-electron chi connectivity index (χ1n) is 7.53. The lowest BCUT2D eigenvalue weighted by Crippen LogP contribution is -2.39. The van der Waals surface area contributed by atoms with Crippen molar-refractivity contribution in [1.29, 1.82) is 0 Å². The summed E-state index contributed by atoms with van der Waals surface area (Å²) < 4.78 is 10.3. The smallest absolute Gasteiger partial charge is 0.407 e. The van der Waals surface area contributed by atoms with Gasteiger partial charge in [-0.1, -0.05) is 0 Å². The molecule has 0 heterocycles. The van der Waals surface area contributed by atoms with E-state index in [0.717, 1.165) is 16.9 Å². The molecule has 1 aromatic rings. The van der Waals surface area contributed by atoms with E-state index in [9.17, 15) is 15.0 Å². The minimum Gasteiger partial charge on any atom is -0.496 e. The monoisotopic (exact) mass is 325 g/mol. The second-order valence-electron chi connectivity index (χ2n) is 6.57. The maximum absolute atomic E-state index is 11.6. The van der Waals surface area contributed by atoms with E-state index in [-0.39, 0.29) is 6.54 Å². The normalized spacial score (nSPS) is 14.1. The fourth-order valence-electron chi connectivity index (χ4n) is 2.17. The first kappa shape index (κ1) is 19.3. The molecule has 0 saturated heterocycles. The highest BCUT2D eigenvalue weighted by Crippen LogP contribution is 2.28. The Bertz CT molecular complexity index is 551. The molecule has 1 amide bonds. The number of methoxy groups -OCH3 is 1. The average molecular weight is 325 g/mol. The van der Waals surface area contributed by atoms with E-state index in [1.807, 2.05) is 19.9 Å². The minimum atomic E-state index is -1.14. The Morgan fingerprint density at radius 2 is 1.83 bits per heavy atom. The van der Waals surface area contributed by atoms with E-state index in [4.69, 9.17) is 9.47 Å². The van der Waals surface area contributed by atoms with Crippen molar-refractivity contribution < 1.29 is 24.5 Å². The van der Waals surface area contributed by atoms with E-state index < -0.39 is 23.9 Å². The Morgan fingerprint density at radius 3 is 2.35 bits per heavy atom. The molecule has 6 heteroatoms. The Balaban J connectivity index is 2.72. The largest absolute Gasteiger partial charge is 0.496 e. The van der Waals surface area contributed by atoms with Crippen molar-refractivity contribution in [3.63, 3.8) is 0 Å². The van der Waals surface area contributed by atoms with Gasteiger partial charge < -0.3 is 25.0 Å². The van der Waals surface area contributed by atoms with Crippen LogP contribution in [0.2, 0.25) is 0 Å². The van der Waals surface area contributed by atoms with Crippen molar-refractivity contribution in [1.82, 2.24) is 5.32 Å². The van der Waals surface area contributed by atoms with Crippen LogP contribution in [0.1, 0.15) is 43.6 Å². The molecule has 130 valence electrons. The van der Waals surface area contributed by atoms with Gasteiger partial charge in [-0.3, -0.25) is 0 Å². The summed E-state index contributed by atoms with van der Waals surface area (Å²) in [6.07, 6.45) is -2.89. The molecule has 6 nitrogen and oxygen atoms in total. The van der Waals surface area contributed by atoms with Crippen molar-refractivity contribution in [3.8, 4) is 5.75 Å². The number of benzene rings is 1. The van der Waals surface area contributed by atoms with Crippen molar-refractivity contribution in [2.45, 2.75) is 52.4 Å². The number of aliphatic hydroxyl groups is 2. The zero-order valence-electron chi connectivity index (χ0n) is 14.6. The summed E-state index contributed by atoms with van der Waals surface area (Å²) in [4.78, 5) is 11.6. The predicted molar refractivity (Wildman–Crippen MR) is 87.7 cm³/mol. The molecular formula is C17H27NO5. The van der Waals surface area contributed by atoms with Gasteiger partial charge in [0.2, 0.25) is 0 Å². The van der Waals surface area contributed by atoms with Gasteiger partial charge in [0.15, 0.2) is 0 Å². The molecule has 0 aliphatic carbocycles. The Morgan fingerprint density at radius 1 is 1.22 bits per heavy atom. The van der Waals surface area contributed by atoms with E-state index >= 15 is 0 Å². The molecular weight excluding hydrogens is 298 g/mol. The van der Waals surface area contributed by atoms with Gasteiger partial charge >= 0.3 is 6.09 Å². The van der Waals surface area contributed by atoms with Crippen molar-refractivity contribution in [3.05, 3.63) is 28.8 Å². The van der Waals surface area contributed by atoms with Crippen LogP contribution in [0.25, 0.3) is 0 Å². The molecule has 23 heavy (non-hydrogen) atoms. The standard InChI is InChI=1S/C17H27NO5/c1-10-8-14(22-6)11(2)7-12(10)15(20)13(19)9-18-16(21)23-17(3,4)5/h7-8,13,15,19-20H,9H2,1-6H3,(H,18,21). The lowest BCUT2D eigenvalue weighted by atomic mass is 9.96. The van der Waals surface area contributed by atoms with Crippen LogP contribution in [-0.4, -0.2) is 41.7 Å². The van der Waals surface area contributed by atoms with Gasteiger partial charge in [-0.05, 0) is 63.4 Å². The molecule has 0 spiro atoms. The summed E-state index contributed by atoms with van der Waals surface area (Å²) in [6.45, 7) is 8.83. The Hall–Kier alpha value is -1.79. The Labute approximate surface area is 137 Å². The molecule has 0 saturated carbocycles. The molecule has 2 atom stereocenters. The fourth-order valence-corrected chi connectivity index (χ4v) is 2.17. The van der Waals surface area contributed by atoms with Gasteiger partial charge in [0.25, 0.3) is 0 Å². The van der Waals surface area contributed by atoms with Gasteiger partial charge in [-0.2, -0.15) is 0 Å². The van der Waals surface area contributed by atoms with Crippen LogP contribution < -0.4 is 10.1 Å². The number of aliphatic hydroxyl groups excluding tert-OH is 2. The highest BCUT2D eigenvalue weighted by atomic mass is 16.6. The number of amides is 1. The summed E-state index contributed by atoms with van der Waals surface area (Å²) in [5.74, 6) is 0.722. The van der Waals surface area contributed by atoms with Gasteiger partial charge in [-0.15, -0.1) is 0 Å². The third-order valence-corrected chi connectivity index (χ3v) is 3.32. The average Bonchev–Trinajstić information content (AvgIpc) is 2.44. The zero-order valence-corrected chi connectivity index (χ0v) is 14.6. The zero-order chi connectivity index (χ0) is 17.8. The highest BCUT2D eigenvalue weighted by molar-refractivity contribution is 5.67. The summed E-state index contributed by atoms with van der Waals surface area (Å²) in [7, 11) is 1.58. The summed E-state index contributed by atoms with van der Waals surface area (Å²) in [5, 5.41) is 22.9. The molecule has 0 aliphatic rings. The molecule has 0 fully saturated rings. The maximum Gasteiger partial charge on any atom is 0.407 e. The molecule has 0 bridgehead atoms. The first-order chi connectivity index (χ1) is 10.5. The van der Waals surface area contributed by atoms with Gasteiger partial charge in [-0.25, -0.2) is 4.79 Å². The molecule has 1 aromatic carbocycles. The van der Waals surface area contributed by atoms with Crippen LogP contribution in [0.5, 0.6) is 5.75 Å². The molecule has 0 aliphatic heterocycles. The van der Waals surface area contributed by atoms with Crippen molar-refractivity contribution in [2.24, 2.45) is 0 Å². The van der Waals surface area contributed by atoms with Crippen LogP contribution in [0, 0.1) is 13.8 Å². The lowest BCUT2D eigenvalue weighted by Gasteiger charge is -2.23. The molecule has 0 radical (unpaired) electrons. The van der Waals surface area contributed by atoms with E-state index in [0.29, 0.717) is 5.56 Å². The molecule has 3 N–H and O–H groups in total. The molecule has 2 unspecified atom stereocenters. The van der Waals surface area contributed by atoms with E-state index in [1.54, 1.807) is 33.9 Å². The number of ether oxygens (including phenoxy) is 2. The number of carbonyl (C=O) groups excluding carboxylic acids is 1. The van der Waals surface area contributed by atoms with Crippen LogP contribution in [0.3, 0.4) is 0 Å². The van der Waals surface area contributed by atoms with E-state index in [1.165, 1.54) is 0 Å². The Kier molecular flexibility index (Phi) is 6.41. The van der Waals surface area contributed by atoms with E-state index in [2.05, 4.69) is 5.32 Å². The first-order valence-corrected chi connectivity index (χ1v) is 7.53. The van der Waals surface area contributed by atoms with Gasteiger partial charge in [0.05, 0.1) is 7.11 Å². The third-order valence-electron chi connectivity index (χ3n) is 3.32. The second-order valence-corrected chi connectivity index (χ2v) is 6.57. The number of nitrogens with one attached hydrogen (secondary N) is 1. The molecule has 1 rings (SSSR count). The number of hydrogen-bond acceptors (Lipinski definition) is 5. The predicted octanol–water partition coefficient (Wildman–Crippen LogP) is 2.23. The lowest BCUT2D eigenvalue weighted by molar-refractivity contribution is 0.0126.